The van der Waals surface area contributed by atoms with Crippen LogP contribution in [0.4, 0.5) is 4.39 Å². The van der Waals surface area contributed by atoms with Crippen LogP contribution in [0, 0.1) is 5.82 Å². The van der Waals surface area contributed by atoms with Gasteiger partial charge in [0, 0.05) is 4.47 Å². The molecule has 0 spiro atoms. The van der Waals surface area contributed by atoms with Crippen LogP contribution in [0.25, 0.3) is 0 Å². The first-order valence-corrected chi connectivity index (χ1v) is 6.23. The highest BCUT2D eigenvalue weighted by Crippen LogP contribution is 2.23. The molecule has 2 atom stereocenters. The molecule has 1 aromatic rings. The van der Waals surface area contributed by atoms with Crippen molar-refractivity contribution in [2.75, 3.05) is 0 Å². The van der Waals surface area contributed by atoms with Crippen molar-refractivity contribution in [3.05, 3.63) is 34.1 Å². The largest absolute Gasteiger partial charge is 0.391 e. The highest BCUT2D eigenvalue weighted by molar-refractivity contribution is 9.10. The Labute approximate surface area is 104 Å². The van der Waals surface area contributed by atoms with Crippen molar-refractivity contribution in [2.24, 2.45) is 5.73 Å². The van der Waals surface area contributed by atoms with E-state index in [1.54, 1.807) is 6.07 Å². The number of rotatable bonds is 5. The molecule has 16 heavy (non-hydrogen) atoms. The Morgan fingerprint density at radius 1 is 1.44 bits per heavy atom. The third kappa shape index (κ3) is 3.85. The van der Waals surface area contributed by atoms with Gasteiger partial charge in [0.2, 0.25) is 0 Å². The van der Waals surface area contributed by atoms with E-state index in [2.05, 4.69) is 22.9 Å². The van der Waals surface area contributed by atoms with Crippen molar-refractivity contribution < 1.29 is 9.50 Å². The van der Waals surface area contributed by atoms with Crippen molar-refractivity contribution >= 4 is 15.9 Å². The highest BCUT2D eigenvalue weighted by Gasteiger charge is 2.17. The van der Waals surface area contributed by atoms with Gasteiger partial charge in [-0.2, -0.15) is 0 Å². The number of hydrogen-bond acceptors (Lipinski definition) is 2. The van der Waals surface area contributed by atoms with E-state index >= 15 is 0 Å². The highest BCUT2D eigenvalue weighted by atomic mass is 79.9. The molecule has 0 amide bonds. The first kappa shape index (κ1) is 13.6. The Bertz CT molecular complexity index is 326. The summed E-state index contributed by atoms with van der Waals surface area (Å²) in [7, 11) is 0. The van der Waals surface area contributed by atoms with Crippen LogP contribution in [0.3, 0.4) is 0 Å². The normalized spacial score (nSPS) is 14.8. The third-order valence-corrected chi connectivity index (χ3v) is 3.00. The molecule has 1 aromatic carbocycles. The molecule has 0 aromatic heterocycles. The second-order valence-electron chi connectivity index (χ2n) is 3.94. The summed E-state index contributed by atoms with van der Waals surface area (Å²) in [4.78, 5) is 0. The lowest BCUT2D eigenvalue weighted by molar-refractivity contribution is 0.132. The predicted molar refractivity (Wildman–Crippen MR) is 66.6 cm³/mol. The lowest BCUT2D eigenvalue weighted by atomic mass is 9.98. The summed E-state index contributed by atoms with van der Waals surface area (Å²) in [5.74, 6) is -0.345. The van der Waals surface area contributed by atoms with Crippen molar-refractivity contribution in [2.45, 2.75) is 38.3 Å². The number of aliphatic hydroxyl groups is 1. The molecule has 0 saturated carbocycles. The van der Waals surface area contributed by atoms with Gasteiger partial charge in [-0.1, -0.05) is 35.7 Å². The number of halogens is 2. The molecule has 0 radical (unpaired) electrons. The van der Waals surface area contributed by atoms with Crippen molar-refractivity contribution in [3.63, 3.8) is 0 Å². The minimum Gasteiger partial charge on any atom is -0.391 e. The van der Waals surface area contributed by atoms with Gasteiger partial charge in [0.1, 0.15) is 5.82 Å². The Morgan fingerprint density at radius 2 is 2.12 bits per heavy atom. The maximum absolute atomic E-state index is 13.1. The summed E-state index contributed by atoms with van der Waals surface area (Å²) in [6.45, 7) is 2.05. The molecule has 0 fully saturated rings. The third-order valence-electron chi connectivity index (χ3n) is 2.54. The average Bonchev–Trinajstić information content (AvgIpc) is 2.23. The Balaban J connectivity index is 2.74. The summed E-state index contributed by atoms with van der Waals surface area (Å²) in [6.07, 6.45) is 1.96. The number of benzene rings is 1. The number of aliphatic hydroxyl groups excluding tert-OH is 1. The van der Waals surface area contributed by atoms with Gasteiger partial charge in [-0.15, -0.1) is 0 Å². The van der Waals surface area contributed by atoms with E-state index in [4.69, 9.17) is 5.73 Å². The summed E-state index contributed by atoms with van der Waals surface area (Å²) in [5.41, 5.74) is 6.50. The van der Waals surface area contributed by atoms with Crippen molar-refractivity contribution in [3.8, 4) is 0 Å². The monoisotopic (exact) mass is 289 g/mol. The summed E-state index contributed by atoms with van der Waals surface area (Å²) >= 11 is 3.21. The summed E-state index contributed by atoms with van der Waals surface area (Å²) in [6, 6.07) is 3.95. The van der Waals surface area contributed by atoms with E-state index in [-0.39, 0.29) is 5.82 Å². The van der Waals surface area contributed by atoms with Gasteiger partial charge in [0.25, 0.3) is 0 Å². The van der Waals surface area contributed by atoms with Gasteiger partial charge in [-0.05, 0) is 30.2 Å². The summed E-state index contributed by atoms with van der Waals surface area (Å²) < 4.78 is 13.8. The minimum absolute atomic E-state index is 0.345. The zero-order valence-corrected chi connectivity index (χ0v) is 10.9. The zero-order valence-electron chi connectivity index (χ0n) is 9.29. The van der Waals surface area contributed by atoms with Crippen LogP contribution in [-0.2, 0) is 0 Å². The molecule has 1 rings (SSSR count). The fourth-order valence-corrected chi connectivity index (χ4v) is 2.07. The van der Waals surface area contributed by atoms with Crippen LogP contribution < -0.4 is 5.73 Å². The summed E-state index contributed by atoms with van der Waals surface area (Å²) in [5, 5.41) is 9.82. The Morgan fingerprint density at radius 3 is 2.69 bits per heavy atom. The first-order valence-electron chi connectivity index (χ1n) is 5.44. The molecule has 0 aliphatic heterocycles. The van der Waals surface area contributed by atoms with Gasteiger partial charge in [0.05, 0.1) is 12.1 Å². The SMILES string of the molecule is CCCC[C@H](O)[C@H](N)c1cc(F)cc(Br)c1. The lowest BCUT2D eigenvalue weighted by Crippen LogP contribution is -2.26. The van der Waals surface area contributed by atoms with E-state index < -0.39 is 12.1 Å². The first-order chi connectivity index (χ1) is 7.54. The molecule has 0 aliphatic rings. The molecule has 3 N–H and O–H groups in total. The van der Waals surface area contributed by atoms with Crippen LogP contribution in [0.15, 0.2) is 22.7 Å². The minimum atomic E-state index is -0.617. The predicted octanol–water partition coefficient (Wildman–Crippen LogP) is 3.14. The molecule has 0 aliphatic carbocycles. The quantitative estimate of drug-likeness (QED) is 0.875. The van der Waals surface area contributed by atoms with Gasteiger partial charge < -0.3 is 10.8 Å². The standard InChI is InChI=1S/C12H17BrFNO/c1-2-3-4-11(16)12(15)8-5-9(13)7-10(14)6-8/h5-7,11-12,16H,2-4,15H2,1H3/t11-,12+/m0/s1. The molecule has 4 heteroatoms. The second kappa shape index (κ2) is 6.33. The van der Waals surface area contributed by atoms with E-state index in [1.165, 1.54) is 12.1 Å². The van der Waals surface area contributed by atoms with Crippen LogP contribution in [0.2, 0.25) is 0 Å². The average molecular weight is 290 g/mol. The van der Waals surface area contributed by atoms with Gasteiger partial charge >= 0.3 is 0 Å². The van der Waals surface area contributed by atoms with Gasteiger partial charge in [-0.3, -0.25) is 0 Å². The van der Waals surface area contributed by atoms with Gasteiger partial charge in [0.15, 0.2) is 0 Å². The number of hydrogen-bond donors (Lipinski definition) is 2. The molecular weight excluding hydrogens is 273 g/mol. The molecule has 0 heterocycles. The van der Waals surface area contributed by atoms with Crippen molar-refractivity contribution in [1.29, 1.82) is 0 Å². The number of nitrogens with two attached hydrogens (primary N) is 1. The smallest absolute Gasteiger partial charge is 0.124 e. The maximum atomic E-state index is 13.1. The molecule has 2 nitrogen and oxygen atoms in total. The molecule has 0 bridgehead atoms. The van der Waals surface area contributed by atoms with Crippen LogP contribution in [0.5, 0.6) is 0 Å². The van der Waals surface area contributed by atoms with Gasteiger partial charge in [-0.25, -0.2) is 4.39 Å². The molecule has 0 unspecified atom stereocenters. The Kier molecular flexibility index (Phi) is 5.38. The fourth-order valence-electron chi connectivity index (χ4n) is 1.58. The van der Waals surface area contributed by atoms with E-state index in [1.807, 2.05) is 0 Å². The second-order valence-corrected chi connectivity index (χ2v) is 4.85. The number of unbranched alkanes of at least 4 members (excludes halogenated alkanes) is 1. The van der Waals surface area contributed by atoms with E-state index in [9.17, 15) is 9.50 Å². The molecule has 90 valence electrons. The maximum Gasteiger partial charge on any atom is 0.124 e. The molecule has 0 saturated heterocycles. The lowest BCUT2D eigenvalue weighted by Gasteiger charge is -2.19. The fraction of sp³-hybridized carbons (Fsp3) is 0.500. The Hall–Kier alpha value is -0.450. The van der Waals surface area contributed by atoms with Crippen LogP contribution in [-0.4, -0.2) is 11.2 Å². The zero-order chi connectivity index (χ0) is 12.1. The van der Waals surface area contributed by atoms with Crippen LogP contribution >= 0.6 is 15.9 Å². The topological polar surface area (TPSA) is 46.2 Å². The van der Waals surface area contributed by atoms with Crippen LogP contribution in [0.1, 0.15) is 37.8 Å². The molecular formula is C12H17BrFNO. The van der Waals surface area contributed by atoms with E-state index in [0.717, 1.165) is 12.8 Å². The van der Waals surface area contributed by atoms with Crippen molar-refractivity contribution in [1.82, 2.24) is 0 Å². The van der Waals surface area contributed by atoms with E-state index in [0.29, 0.717) is 16.5 Å².